The molecule has 0 atom stereocenters. The van der Waals surface area contributed by atoms with E-state index in [-0.39, 0.29) is 11.7 Å². The second-order valence-corrected chi connectivity index (χ2v) is 7.40. The van der Waals surface area contributed by atoms with Crippen LogP contribution in [0.25, 0.3) is 11.4 Å². The van der Waals surface area contributed by atoms with Gasteiger partial charge in [-0.1, -0.05) is 36.9 Å². The van der Waals surface area contributed by atoms with Crippen molar-refractivity contribution >= 4 is 34.1 Å². The Bertz CT molecular complexity index is 863. The summed E-state index contributed by atoms with van der Waals surface area (Å²) in [5.74, 6) is 0.859. The van der Waals surface area contributed by atoms with Crippen molar-refractivity contribution in [1.29, 1.82) is 0 Å². The number of nitrogens with one attached hydrogen (secondary N) is 1. The summed E-state index contributed by atoms with van der Waals surface area (Å²) in [5, 5.41) is 21.4. The highest BCUT2D eigenvalue weighted by Crippen LogP contribution is 2.24. The number of carbonyl (C=O) groups is 1. The second-order valence-electron chi connectivity index (χ2n) is 5.39. The third-order valence-electron chi connectivity index (χ3n) is 3.43. The van der Waals surface area contributed by atoms with E-state index in [1.165, 1.54) is 23.1 Å². The molecule has 0 aliphatic rings. The van der Waals surface area contributed by atoms with Crippen LogP contribution in [0.5, 0.6) is 0 Å². The SMILES string of the molecule is CCCn1c(SCC(=O)Nc2nnc(CC)s2)nnc1-c1cccnc1. The Morgan fingerprint density at radius 2 is 2.15 bits per heavy atom. The zero-order valence-electron chi connectivity index (χ0n) is 14.5. The minimum Gasteiger partial charge on any atom is -0.302 e. The normalized spacial score (nSPS) is 10.8. The fraction of sp³-hybridized carbons (Fsp3) is 0.375. The van der Waals surface area contributed by atoms with Gasteiger partial charge in [-0.15, -0.1) is 20.4 Å². The van der Waals surface area contributed by atoms with Crippen LogP contribution in [-0.2, 0) is 17.8 Å². The quantitative estimate of drug-likeness (QED) is 0.591. The predicted octanol–water partition coefficient (Wildman–Crippen LogP) is 2.89. The van der Waals surface area contributed by atoms with Gasteiger partial charge in [0.1, 0.15) is 5.01 Å². The number of thioether (sulfide) groups is 1. The predicted molar refractivity (Wildman–Crippen MR) is 102 cm³/mol. The van der Waals surface area contributed by atoms with E-state index in [1.54, 1.807) is 12.4 Å². The summed E-state index contributed by atoms with van der Waals surface area (Å²) in [5.41, 5.74) is 0.908. The summed E-state index contributed by atoms with van der Waals surface area (Å²) in [7, 11) is 0. The Hall–Kier alpha value is -2.33. The van der Waals surface area contributed by atoms with Crippen LogP contribution < -0.4 is 5.32 Å². The summed E-state index contributed by atoms with van der Waals surface area (Å²) < 4.78 is 2.02. The van der Waals surface area contributed by atoms with Crippen molar-refractivity contribution in [2.75, 3.05) is 11.1 Å². The summed E-state index contributed by atoms with van der Waals surface area (Å²) >= 11 is 2.75. The molecule has 0 aliphatic heterocycles. The van der Waals surface area contributed by atoms with E-state index in [0.717, 1.165) is 35.8 Å². The Morgan fingerprint density at radius 3 is 2.85 bits per heavy atom. The van der Waals surface area contributed by atoms with E-state index in [4.69, 9.17) is 0 Å². The van der Waals surface area contributed by atoms with Gasteiger partial charge in [-0.3, -0.25) is 15.1 Å². The first-order valence-electron chi connectivity index (χ1n) is 8.29. The fourth-order valence-electron chi connectivity index (χ4n) is 2.26. The number of aromatic nitrogens is 6. The Morgan fingerprint density at radius 1 is 1.27 bits per heavy atom. The highest BCUT2D eigenvalue weighted by atomic mass is 32.2. The monoisotopic (exact) mass is 389 g/mol. The molecule has 0 aromatic carbocycles. The van der Waals surface area contributed by atoms with Crippen molar-refractivity contribution in [1.82, 2.24) is 29.9 Å². The molecule has 10 heteroatoms. The van der Waals surface area contributed by atoms with Crippen LogP contribution in [0.4, 0.5) is 5.13 Å². The van der Waals surface area contributed by atoms with Crippen molar-refractivity contribution in [3.05, 3.63) is 29.5 Å². The average Bonchev–Trinajstić information content (AvgIpc) is 3.28. The molecule has 0 spiro atoms. The maximum atomic E-state index is 12.2. The molecular formula is C16H19N7OS2. The number of hydrogen-bond donors (Lipinski definition) is 1. The number of amides is 1. The van der Waals surface area contributed by atoms with Crippen LogP contribution in [0.15, 0.2) is 29.7 Å². The number of aryl methyl sites for hydroxylation is 1. The van der Waals surface area contributed by atoms with Crippen molar-refractivity contribution in [3.63, 3.8) is 0 Å². The third-order valence-corrected chi connectivity index (χ3v) is 5.38. The molecule has 1 N–H and O–H groups in total. The van der Waals surface area contributed by atoms with Crippen LogP contribution in [-0.4, -0.2) is 41.6 Å². The summed E-state index contributed by atoms with van der Waals surface area (Å²) in [6.07, 6.45) is 5.23. The minimum atomic E-state index is -0.136. The molecule has 3 aromatic heterocycles. The van der Waals surface area contributed by atoms with Gasteiger partial charge in [0.05, 0.1) is 5.75 Å². The Kier molecular flexibility index (Phi) is 6.29. The maximum Gasteiger partial charge on any atom is 0.236 e. The lowest BCUT2D eigenvalue weighted by Gasteiger charge is -2.08. The maximum absolute atomic E-state index is 12.2. The lowest BCUT2D eigenvalue weighted by Crippen LogP contribution is -2.14. The molecule has 0 saturated carbocycles. The third kappa shape index (κ3) is 4.44. The number of carbonyl (C=O) groups excluding carboxylic acids is 1. The zero-order chi connectivity index (χ0) is 18.4. The topological polar surface area (TPSA) is 98.5 Å². The zero-order valence-corrected chi connectivity index (χ0v) is 16.2. The molecule has 136 valence electrons. The van der Waals surface area contributed by atoms with Gasteiger partial charge in [0.15, 0.2) is 11.0 Å². The van der Waals surface area contributed by atoms with Crippen LogP contribution >= 0.6 is 23.1 Å². The molecular weight excluding hydrogens is 370 g/mol. The molecule has 3 aromatic rings. The largest absolute Gasteiger partial charge is 0.302 e. The van der Waals surface area contributed by atoms with Gasteiger partial charge in [-0.2, -0.15) is 0 Å². The highest BCUT2D eigenvalue weighted by Gasteiger charge is 2.16. The van der Waals surface area contributed by atoms with Crippen molar-refractivity contribution < 1.29 is 4.79 Å². The molecule has 0 saturated heterocycles. The average molecular weight is 390 g/mol. The molecule has 8 nitrogen and oxygen atoms in total. The van der Waals surface area contributed by atoms with Gasteiger partial charge in [0, 0.05) is 24.5 Å². The molecule has 0 aliphatic carbocycles. The lowest BCUT2D eigenvalue weighted by atomic mass is 10.2. The standard InChI is InChI=1S/C16H19N7OS2/c1-3-8-23-14(11-6-5-7-17-9-11)20-22-16(23)25-10-12(24)18-15-21-19-13(4-2)26-15/h5-7,9H,3-4,8,10H2,1-2H3,(H,18,21,24). The van der Waals surface area contributed by atoms with Gasteiger partial charge < -0.3 is 4.57 Å². The van der Waals surface area contributed by atoms with Crippen LogP contribution in [0.1, 0.15) is 25.3 Å². The molecule has 0 unspecified atom stereocenters. The van der Waals surface area contributed by atoms with Crippen molar-refractivity contribution in [2.24, 2.45) is 0 Å². The van der Waals surface area contributed by atoms with Crippen LogP contribution in [0.3, 0.4) is 0 Å². The van der Waals surface area contributed by atoms with Crippen molar-refractivity contribution in [3.8, 4) is 11.4 Å². The Balaban J connectivity index is 1.67. The van der Waals surface area contributed by atoms with Crippen LogP contribution in [0, 0.1) is 0 Å². The highest BCUT2D eigenvalue weighted by molar-refractivity contribution is 7.99. The van der Waals surface area contributed by atoms with Gasteiger partial charge in [0.25, 0.3) is 0 Å². The second kappa shape index (κ2) is 8.86. The fourth-order valence-corrected chi connectivity index (χ4v) is 3.72. The number of pyridine rings is 1. The Labute approximate surface area is 159 Å². The molecule has 26 heavy (non-hydrogen) atoms. The minimum absolute atomic E-state index is 0.136. The summed E-state index contributed by atoms with van der Waals surface area (Å²) in [6.45, 7) is 4.87. The first-order valence-corrected chi connectivity index (χ1v) is 10.1. The number of hydrogen-bond acceptors (Lipinski definition) is 8. The first kappa shape index (κ1) is 18.5. The first-order chi connectivity index (χ1) is 12.7. The molecule has 3 rings (SSSR count). The van der Waals surface area contributed by atoms with E-state index >= 15 is 0 Å². The van der Waals surface area contributed by atoms with Gasteiger partial charge in [-0.05, 0) is 25.0 Å². The lowest BCUT2D eigenvalue weighted by molar-refractivity contribution is -0.113. The molecule has 0 fully saturated rings. The van der Waals surface area contributed by atoms with E-state index < -0.39 is 0 Å². The van der Waals surface area contributed by atoms with E-state index in [9.17, 15) is 4.79 Å². The van der Waals surface area contributed by atoms with Crippen molar-refractivity contribution in [2.45, 2.75) is 38.4 Å². The smallest absolute Gasteiger partial charge is 0.236 e. The van der Waals surface area contributed by atoms with Gasteiger partial charge in [-0.25, -0.2) is 0 Å². The summed E-state index contributed by atoms with van der Waals surface area (Å²) in [6, 6.07) is 3.82. The molecule has 0 bridgehead atoms. The van der Waals surface area contributed by atoms with E-state index in [2.05, 4.69) is 37.6 Å². The molecule has 0 radical (unpaired) electrons. The van der Waals surface area contributed by atoms with E-state index in [0.29, 0.717) is 10.3 Å². The molecule has 3 heterocycles. The number of anilines is 1. The van der Waals surface area contributed by atoms with Gasteiger partial charge >= 0.3 is 0 Å². The summed E-state index contributed by atoms with van der Waals surface area (Å²) in [4.78, 5) is 16.3. The van der Waals surface area contributed by atoms with Crippen LogP contribution in [0.2, 0.25) is 0 Å². The number of nitrogens with zero attached hydrogens (tertiary/aromatic N) is 6. The van der Waals surface area contributed by atoms with E-state index in [1.807, 2.05) is 23.6 Å². The number of rotatable bonds is 8. The molecule has 1 amide bonds. The van der Waals surface area contributed by atoms with Gasteiger partial charge in [0.2, 0.25) is 11.0 Å².